The first-order chi connectivity index (χ1) is 8.06. The van der Waals surface area contributed by atoms with E-state index in [4.69, 9.17) is 16.7 Å². The molecular formula is C11H12ClNO3S. The van der Waals surface area contributed by atoms with Crippen molar-refractivity contribution in [1.29, 1.82) is 0 Å². The molecule has 1 unspecified atom stereocenters. The van der Waals surface area contributed by atoms with Crippen molar-refractivity contribution in [3.8, 4) is 0 Å². The molecule has 0 spiro atoms. The minimum atomic E-state index is -0.827. The topological polar surface area (TPSA) is 57.6 Å². The number of carboxylic acids is 1. The van der Waals surface area contributed by atoms with Gasteiger partial charge in [0.05, 0.1) is 16.8 Å². The lowest BCUT2D eigenvalue weighted by atomic mass is 9.98. The van der Waals surface area contributed by atoms with E-state index in [0.717, 1.165) is 4.88 Å². The quantitative estimate of drug-likeness (QED) is 0.919. The van der Waals surface area contributed by atoms with Gasteiger partial charge < -0.3 is 10.0 Å². The van der Waals surface area contributed by atoms with Crippen LogP contribution in [-0.2, 0) is 16.1 Å². The zero-order valence-corrected chi connectivity index (χ0v) is 10.6. The molecule has 1 aliphatic rings. The highest BCUT2D eigenvalue weighted by atomic mass is 35.5. The van der Waals surface area contributed by atoms with Gasteiger partial charge in [-0.15, -0.1) is 11.3 Å². The molecule has 2 heterocycles. The summed E-state index contributed by atoms with van der Waals surface area (Å²) in [5.74, 6) is -1.25. The van der Waals surface area contributed by atoms with Crippen LogP contribution in [-0.4, -0.2) is 28.4 Å². The molecule has 1 fully saturated rings. The molecule has 1 aromatic heterocycles. The van der Waals surface area contributed by atoms with Crippen LogP contribution in [0.5, 0.6) is 0 Å². The average molecular weight is 274 g/mol. The zero-order valence-electron chi connectivity index (χ0n) is 9.06. The van der Waals surface area contributed by atoms with Crippen molar-refractivity contribution in [2.45, 2.75) is 19.4 Å². The van der Waals surface area contributed by atoms with E-state index in [2.05, 4.69) is 0 Å². The van der Waals surface area contributed by atoms with Gasteiger partial charge in [-0.2, -0.15) is 0 Å². The number of piperidine rings is 1. The van der Waals surface area contributed by atoms with Crippen LogP contribution in [0.1, 0.15) is 17.7 Å². The molecule has 1 amide bonds. The number of likely N-dealkylation sites (tertiary alicyclic amines) is 1. The number of carbonyl (C=O) groups is 2. The van der Waals surface area contributed by atoms with E-state index in [1.165, 1.54) is 11.3 Å². The summed E-state index contributed by atoms with van der Waals surface area (Å²) in [4.78, 5) is 25.2. The van der Waals surface area contributed by atoms with Gasteiger partial charge in [0.2, 0.25) is 5.91 Å². The van der Waals surface area contributed by atoms with Gasteiger partial charge in [-0.25, -0.2) is 0 Å². The van der Waals surface area contributed by atoms with Crippen molar-refractivity contribution < 1.29 is 14.7 Å². The molecule has 17 heavy (non-hydrogen) atoms. The SMILES string of the molecule is O=C(O)C1CCC(=O)N(Cc2ccc(Cl)s2)C1. The normalized spacial score (nSPS) is 20.6. The number of hydrogen-bond donors (Lipinski definition) is 1. The Labute approximate surface area is 108 Å². The molecule has 1 atom stereocenters. The molecule has 4 nitrogen and oxygen atoms in total. The van der Waals surface area contributed by atoms with Gasteiger partial charge in [0.15, 0.2) is 0 Å². The Bertz CT molecular complexity index is 446. The zero-order chi connectivity index (χ0) is 12.4. The van der Waals surface area contributed by atoms with Gasteiger partial charge in [0.25, 0.3) is 0 Å². The van der Waals surface area contributed by atoms with Crippen LogP contribution in [0.2, 0.25) is 4.34 Å². The van der Waals surface area contributed by atoms with Crippen molar-refractivity contribution in [3.05, 3.63) is 21.3 Å². The molecule has 2 rings (SSSR count). The fourth-order valence-corrected chi connectivity index (χ4v) is 3.00. The Morgan fingerprint density at radius 3 is 2.94 bits per heavy atom. The summed E-state index contributed by atoms with van der Waals surface area (Å²) in [7, 11) is 0. The molecule has 6 heteroatoms. The number of rotatable bonds is 3. The van der Waals surface area contributed by atoms with Crippen LogP contribution in [0, 0.1) is 5.92 Å². The first-order valence-electron chi connectivity index (χ1n) is 5.31. The van der Waals surface area contributed by atoms with Crippen LogP contribution in [0.4, 0.5) is 0 Å². The van der Waals surface area contributed by atoms with Gasteiger partial charge in [-0.1, -0.05) is 11.6 Å². The maximum atomic E-state index is 11.7. The molecule has 0 saturated carbocycles. The molecule has 1 N–H and O–H groups in total. The standard InChI is InChI=1S/C11H12ClNO3S/c12-9-3-2-8(17-9)6-13-5-7(11(15)16)1-4-10(13)14/h2-3,7H,1,4-6H2,(H,15,16). The van der Waals surface area contributed by atoms with Gasteiger partial charge in [-0.3, -0.25) is 9.59 Å². The smallest absolute Gasteiger partial charge is 0.308 e. The van der Waals surface area contributed by atoms with Gasteiger partial charge in [0, 0.05) is 17.8 Å². The first kappa shape index (κ1) is 12.4. The Kier molecular flexibility index (Phi) is 3.69. The van der Waals surface area contributed by atoms with E-state index in [1.807, 2.05) is 6.07 Å². The number of aliphatic carboxylic acids is 1. The highest BCUT2D eigenvalue weighted by Crippen LogP contribution is 2.25. The van der Waals surface area contributed by atoms with Crippen molar-refractivity contribution in [2.24, 2.45) is 5.92 Å². The number of carbonyl (C=O) groups excluding carboxylic acids is 1. The highest BCUT2D eigenvalue weighted by Gasteiger charge is 2.30. The van der Waals surface area contributed by atoms with Crippen LogP contribution in [0.3, 0.4) is 0 Å². The lowest BCUT2D eigenvalue weighted by molar-refractivity contribution is -0.147. The van der Waals surface area contributed by atoms with Crippen molar-refractivity contribution >= 4 is 34.8 Å². The van der Waals surface area contributed by atoms with Gasteiger partial charge >= 0.3 is 5.97 Å². The van der Waals surface area contributed by atoms with E-state index in [9.17, 15) is 9.59 Å². The Morgan fingerprint density at radius 2 is 2.35 bits per heavy atom. The summed E-state index contributed by atoms with van der Waals surface area (Å²) in [6.07, 6.45) is 0.756. The molecule has 1 aliphatic heterocycles. The fraction of sp³-hybridized carbons (Fsp3) is 0.455. The van der Waals surface area contributed by atoms with Crippen molar-refractivity contribution in [1.82, 2.24) is 4.90 Å². The molecule has 1 aromatic rings. The predicted octanol–water partition coefficient (Wildman–Crippen LogP) is 2.22. The fourth-order valence-electron chi connectivity index (χ4n) is 1.89. The van der Waals surface area contributed by atoms with Gasteiger partial charge in [0.1, 0.15) is 0 Å². The second-order valence-electron chi connectivity index (χ2n) is 4.05. The number of amides is 1. The Hall–Kier alpha value is -1.07. The van der Waals surface area contributed by atoms with Crippen molar-refractivity contribution in [2.75, 3.05) is 6.54 Å². The molecule has 0 aromatic carbocycles. The van der Waals surface area contributed by atoms with Crippen LogP contribution in [0.15, 0.2) is 12.1 Å². The molecule has 1 saturated heterocycles. The maximum Gasteiger partial charge on any atom is 0.308 e. The second kappa shape index (κ2) is 5.06. The maximum absolute atomic E-state index is 11.7. The minimum Gasteiger partial charge on any atom is -0.481 e. The summed E-state index contributed by atoms with van der Waals surface area (Å²) in [6, 6.07) is 3.65. The molecule has 92 valence electrons. The lowest BCUT2D eigenvalue weighted by Crippen LogP contribution is -2.41. The third kappa shape index (κ3) is 2.98. The summed E-state index contributed by atoms with van der Waals surface area (Å²) < 4.78 is 0.680. The van der Waals surface area contributed by atoms with E-state index in [1.54, 1.807) is 11.0 Å². The first-order valence-corrected chi connectivity index (χ1v) is 6.50. The summed E-state index contributed by atoms with van der Waals surface area (Å²) in [6.45, 7) is 0.754. The van der Waals surface area contributed by atoms with Crippen molar-refractivity contribution in [3.63, 3.8) is 0 Å². The average Bonchev–Trinajstić information content (AvgIpc) is 2.67. The van der Waals surface area contributed by atoms with E-state index >= 15 is 0 Å². The Balaban J connectivity index is 2.03. The second-order valence-corrected chi connectivity index (χ2v) is 5.85. The number of hydrogen-bond acceptors (Lipinski definition) is 3. The highest BCUT2D eigenvalue weighted by molar-refractivity contribution is 7.16. The number of thiophene rings is 1. The summed E-state index contributed by atoms with van der Waals surface area (Å²) in [5.41, 5.74) is 0. The van der Waals surface area contributed by atoms with Crippen LogP contribution >= 0.6 is 22.9 Å². The molecule has 0 bridgehead atoms. The minimum absolute atomic E-state index is 0.0204. The monoisotopic (exact) mass is 273 g/mol. The van der Waals surface area contributed by atoms with E-state index in [-0.39, 0.29) is 5.91 Å². The molecule has 0 aliphatic carbocycles. The third-order valence-electron chi connectivity index (χ3n) is 2.82. The summed E-state index contributed by atoms with van der Waals surface area (Å²) >= 11 is 7.23. The molecular weight excluding hydrogens is 262 g/mol. The van der Waals surface area contributed by atoms with Crippen LogP contribution < -0.4 is 0 Å². The third-order valence-corrected chi connectivity index (χ3v) is 4.04. The largest absolute Gasteiger partial charge is 0.481 e. The lowest BCUT2D eigenvalue weighted by Gasteiger charge is -2.30. The number of halogens is 1. The van der Waals surface area contributed by atoms with Crippen LogP contribution in [0.25, 0.3) is 0 Å². The van der Waals surface area contributed by atoms with E-state index in [0.29, 0.717) is 30.3 Å². The Morgan fingerprint density at radius 1 is 1.59 bits per heavy atom. The summed E-state index contributed by atoms with van der Waals surface area (Å²) in [5, 5.41) is 8.96. The predicted molar refractivity (Wildman–Crippen MR) is 65.1 cm³/mol. The molecule has 0 radical (unpaired) electrons. The van der Waals surface area contributed by atoms with E-state index < -0.39 is 11.9 Å². The van der Waals surface area contributed by atoms with Gasteiger partial charge in [-0.05, 0) is 18.6 Å². The number of nitrogens with zero attached hydrogens (tertiary/aromatic N) is 1. The number of carboxylic acid groups (broad SMARTS) is 1.